The molecule has 2 aromatic rings. The second kappa shape index (κ2) is 8.45. The smallest absolute Gasteiger partial charge is 0.409 e. The summed E-state index contributed by atoms with van der Waals surface area (Å²) in [6.07, 6.45) is 11.9. The molecule has 3 aliphatic heterocycles. The molecule has 0 aromatic carbocycles. The zero-order valence-corrected chi connectivity index (χ0v) is 19.6. The fourth-order valence-electron chi connectivity index (χ4n) is 6.84. The van der Waals surface area contributed by atoms with E-state index < -0.39 is 0 Å². The Balaban J connectivity index is 1.16. The monoisotopic (exact) mass is 466 g/mol. The number of nitrogens with zero attached hydrogens (tertiary/aromatic N) is 6. The summed E-state index contributed by atoms with van der Waals surface area (Å²) in [5, 5.41) is 0. The molecule has 4 aliphatic rings. The average Bonchev–Trinajstić information content (AvgIpc) is 3.37. The highest BCUT2D eigenvalue weighted by Crippen LogP contribution is 2.50. The molecular formula is C25H31FN6O2. The maximum Gasteiger partial charge on any atom is 0.409 e. The molecule has 1 spiro atoms. The van der Waals surface area contributed by atoms with Crippen LogP contribution in [0.15, 0.2) is 30.9 Å². The lowest BCUT2D eigenvalue weighted by atomic mass is 9.78. The first kappa shape index (κ1) is 21.7. The van der Waals surface area contributed by atoms with Crippen molar-refractivity contribution < 1.29 is 13.9 Å². The summed E-state index contributed by atoms with van der Waals surface area (Å²) in [5.74, 6) is -0.328. The molecule has 9 heteroatoms. The minimum Gasteiger partial charge on any atom is -0.450 e. The molecule has 0 N–H and O–H groups in total. The zero-order chi connectivity index (χ0) is 23.3. The Morgan fingerprint density at radius 1 is 1.12 bits per heavy atom. The van der Waals surface area contributed by atoms with Gasteiger partial charge in [-0.15, -0.1) is 0 Å². The fourth-order valence-corrected chi connectivity index (χ4v) is 6.84. The molecule has 1 amide bonds. The van der Waals surface area contributed by atoms with Crippen molar-refractivity contribution in [2.75, 3.05) is 37.7 Å². The molecule has 2 aromatic heterocycles. The van der Waals surface area contributed by atoms with E-state index in [4.69, 9.17) is 4.74 Å². The summed E-state index contributed by atoms with van der Waals surface area (Å²) in [7, 11) is 0. The number of likely N-dealkylation sites (tertiary alicyclic amines) is 1. The molecule has 34 heavy (non-hydrogen) atoms. The molecule has 2 bridgehead atoms. The lowest BCUT2D eigenvalue weighted by molar-refractivity contribution is -0.00565. The summed E-state index contributed by atoms with van der Waals surface area (Å²) in [4.78, 5) is 31.9. The normalized spacial score (nSPS) is 27.8. The van der Waals surface area contributed by atoms with Gasteiger partial charge in [0.2, 0.25) is 0 Å². The van der Waals surface area contributed by atoms with E-state index in [0.29, 0.717) is 36.1 Å². The third-order valence-electron chi connectivity index (χ3n) is 8.20. The maximum absolute atomic E-state index is 14.2. The Morgan fingerprint density at radius 2 is 1.91 bits per heavy atom. The first-order valence-electron chi connectivity index (χ1n) is 12.4. The van der Waals surface area contributed by atoms with Gasteiger partial charge in [-0.2, -0.15) is 0 Å². The van der Waals surface area contributed by atoms with Crippen molar-refractivity contribution in [1.82, 2.24) is 24.8 Å². The van der Waals surface area contributed by atoms with Gasteiger partial charge in [0.25, 0.3) is 0 Å². The van der Waals surface area contributed by atoms with Gasteiger partial charge in [-0.25, -0.2) is 14.2 Å². The molecule has 4 fully saturated rings. The number of aromatic nitrogens is 3. The standard InChI is InChI=1S/C25H31FN6O2/c1-2-34-24(33)31-15-25(16-31)6-5-18(10-25)32-19-3-4-20(32)14-30(13-19)22-9-17(26)11-29-23(22)21-12-27-7-8-28-21/h7-9,11-12,18-20H,2-6,10,13-16H2,1H3/t18-,19-,20+/m1/s1. The predicted molar refractivity (Wildman–Crippen MR) is 125 cm³/mol. The Morgan fingerprint density at radius 3 is 2.62 bits per heavy atom. The fraction of sp³-hybridized carbons (Fsp3) is 0.600. The number of ether oxygens (including phenoxy) is 1. The van der Waals surface area contributed by atoms with Crippen LogP contribution < -0.4 is 4.90 Å². The number of carbonyl (C=O) groups excluding carboxylic acids is 1. The van der Waals surface area contributed by atoms with E-state index in [1.165, 1.54) is 31.9 Å². The van der Waals surface area contributed by atoms with E-state index >= 15 is 0 Å². The molecule has 5 heterocycles. The topological polar surface area (TPSA) is 74.7 Å². The molecule has 1 saturated carbocycles. The number of carbonyl (C=O) groups is 1. The minimum absolute atomic E-state index is 0.173. The molecule has 3 saturated heterocycles. The van der Waals surface area contributed by atoms with E-state index in [2.05, 4.69) is 24.8 Å². The van der Waals surface area contributed by atoms with Gasteiger partial charge in [-0.1, -0.05) is 0 Å². The van der Waals surface area contributed by atoms with Crippen LogP contribution in [-0.2, 0) is 4.74 Å². The quantitative estimate of drug-likeness (QED) is 0.684. The van der Waals surface area contributed by atoms with Crippen LogP contribution >= 0.6 is 0 Å². The van der Waals surface area contributed by atoms with Gasteiger partial charge in [-0.3, -0.25) is 14.9 Å². The SMILES string of the molecule is CCOC(=O)N1CC2(CC[C@@H](N3[C@@H]4CC[C@H]3CN(c3cc(F)cnc3-c3cnccn3)C4)C2)C1. The number of halogens is 1. The third kappa shape index (κ3) is 3.70. The molecule has 0 radical (unpaired) electrons. The van der Waals surface area contributed by atoms with Crippen LogP contribution in [0.2, 0.25) is 0 Å². The highest BCUT2D eigenvalue weighted by molar-refractivity contribution is 5.72. The number of amides is 1. The van der Waals surface area contributed by atoms with Crippen molar-refractivity contribution in [2.24, 2.45) is 5.41 Å². The first-order valence-corrected chi connectivity index (χ1v) is 12.4. The van der Waals surface area contributed by atoms with Gasteiger partial charge in [0.1, 0.15) is 17.2 Å². The predicted octanol–water partition coefficient (Wildman–Crippen LogP) is 3.34. The third-order valence-corrected chi connectivity index (χ3v) is 8.20. The summed E-state index contributed by atoms with van der Waals surface area (Å²) in [6, 6.07) is 3.07. The van der Waals surface area contributed by atoms with Crippen LogP contribution in [0.5, 0.6) is 0 Å². The van der Waals surface area contributed by atoms with Gasteiger partial charge in [0, 0.05) is 68.2 Å². The molecule has 0 unspecified atom stereocenters. The Kier molecular flexibility index (Phi) is 5.39. The number of hydrogen-bond donors (Lipinski definition) is 0. The van der Waals surface area contributed by atoms with Crippen molar-refractivity contribution in [3.8, 4) is 11.4 Å². The summed E-state index contributed by atoms with van der Waals surface area (Å²) < 4.78 is 19.4. The Bertz CT molecular complexity index is 1050. The van der Waals surface area contributed by atoms with Gasteiger partial charge < -0.3 is 14.5 Å². The highest BCUT2D eigenvalue weighted by Gasteiger charge is 2.54. The van der Waals surface area contributed by atoms with E-state index in [-0.39, 0.29) is 17.3 Å². The molecular weight excluding hydrogens is 435 g/mol. The van der Waals surface area contributed by atoms with E-state index in [0.717, 1.165) is 38.3 Å². The molecule has 180 valence electrons. The van der Waals surface area contributed by atoms with Gasteiger partial charge in [0.15, 0.2) is 0 Å². The largest absolute Gasteiger partial charge is 0.450 e. The molecule has 1 aliphatic carbocycles. The van der Waals surface area contributed by atoms with E-state index in [1.54, 1.807) is 24.7 Å². The van der Waals surface area contributed by atoms with Crippen molar-refractivity contribution in [3.63, 3.8) is 0 Å². The number of rotatable bonds is 4. The van der Waals surface area contributed by atoms with Crippen molar-refractivity contribution in [2.45, 2.75) is 57.2 Å². The van der Waals surface area contributed by atoms with Crippen LogP contribution in [0, 0.1) is 11.2 Å². The number of fused-ring (bicyclic) bond motifs is 2. The highest BCUT2D eigenvalue weighted by atomic mass is 19.1. The lowest BCUT2D eigenvalue weighted by Crippen LogP contribution is -2.60. The van der Waals surface area contributed by atoms with E-state index in [1.807, 2.05) is 11.8 Å². The summed E-state index contributed by atoms with van der Waals surface area (Å²) in [6.45, 7) is 5.67. The summed E-state index contributed by atoms with van der Waals surface area (Å²) in [5.41, 5.74) is 2.43. The van der Waals surface area contributed by atoms with Crippen molar-refractivity contribution in [1.29, 1.82) is 0 Å². The second-order valence-corrected chi connectivity index (χ2v) is 10.3. The Labute approximate surface area is 199 Å². The van der Waals surface area contributed by atoms with Crippen LogP contribution in [-0.4, -0.2) is 81.8 Å². The Hall–Kier alpha value is -2.81. The van der Waals surface area contributed by atoms with Crippen molar-refractivity contribution >= 4 is 11.8 Å². The second-order valence-electron chi connectivity index (χ2n) is 10.3. The molecule has 6 rings (SSSR count). The first-order chi connectivity index (χ1) is 16.5. The number of hydrogen-bond acceptors (Lipinski definition) is 7. The van der Waals surface area contributed by atoms with Gasteiger partial charge in [-0.05, 0) is 39.0 Å². The molecule has 8 nitrogen and oxygen atoms in total. The summed E-state index contributed by atoms with van der Waals surface area (Å²) >= 11 is 0. The zero-order valence-electron chi connectivity index (χ0n) is 19.6. The van der Waals surface area contributed by atoms with Crippen LogP contribution in [0.3, 0.4) is 0 Å². The van der Waals surface area contributed by atoms with Crippen LogP contribution in [0.25, 0.3) is 11.4 Å². The number of pyridine rings is 1. The van der Waals surface area contributed by atoms with Gasteiger partial charge >= 0.3 is 6.09 Å². The number of anilines is 1. The lowest BCUT2D eigenvalue weighted by Gasteiger charge is -2.49. The van der Waals surface area contributed by atoms with Crippen LogP contribution in [0.1, 0.15) is 39.0 Å². The van der Waals surface area contributed by atoms with Crippen LogP contribution in [0.4, 0.5) is 14.9 Å². The molecule has 3 atom stereocenters. The maximum atomic E-state index is 14.2. The minimum atomic E-state index is -0.328. The number of piperazine rings is 1. The van der Waals surface area contributed by atoms with E-state index in [9.17, 15) is 9.18 Å². The van der Waals surface area contributed by atoms with Gasteiger partial charge in [0.05, 0.1) is 24.7 Å². The average molecular weight is 467 g/mol. The van der Waals surface area contributed by atoms with Crippen molar-refractivity contribution in [3.05, 3.63) is 36.7 Å².